The predicted octanol–water partition coefficient (Wildman–Crippen LogP) is 19.1. The number of allylic oxidation sites excluding steroid dienone is 4. The molecule has 0 aliphatic rings. The van der Waals surface area contributed by atoms with Crippen molar-refractivity contribution in [3.63, 3.8) is 0 Å². The van der Waals surface area contributed by atoms with Crippen LogP contribution in [0.2, 0.25) is 0 Å². The first-order valence-corrected chi connectivity index (χ1v) is 28.9. The van der Waals surface area contributed by atoms with E-state index in [-0.39, 0.29) is 31.1 Å². The molecule has 0 heterocycles. The summed E-state index contributed by atoms with van der Waals surface area (Å²) in [6.07, 6.45) is 63.0. The quantitative estimate of drug-likeness (QED) is 0.0262. The van der Waals surface area contributed by atoms with Crippen LogP contribution in [0.1, 0.15) is 316 Å². The Labute approximate surface area is 404 Å². The van der Waals surface area contributed by atoms with Gasteiger partial charge in [0, 0.05) is 19.3 Å². The van der Waals surface area contributed by atoms with Gasteiger partial charge in [0.05, 0.1) is 0 Å². The zero-order valence-electron chi connectivity index (χ0n) is 43.8. The van der Waals surface area contributed by atoms with Gasteiger partial charge >= 0.3 is 17.9 Å². The second-order valence-electron chi connectivity index (χ2n) is 19.6. The van der Waals surface area contributed by atoms with Crippen molar-refractivity contribution < 1.29 is 28.6 Å². The fourth-order valence-corrected chi connectivity index (χ4v) is 8.61. The molecule has 0 N–H and O–H groups in total. The van der Waals surface area contributed by atoms with Gasteiger partial charge in [-0.25, -0.2) is 0 Å². The standard InChI is InChI=1S/C59H110O6/c1-4-7-10-13-16-19-22-25-28-29-32-34-37-40-43-46-49-52-58(61)64-55-56(65-59(62)53-50-47-44-41-38-35-31-27-24-21-18-15-12-9-6-3)54-63-57(60)51-48-45-42-39-36-33-30-26-23-20-17-14-11-8-5-2/h18,21,24,27,56H,4-17,19-20,22-23,25-26,28-55H2,1-3H3/b21-18-,27-24-. The highest BCUT2D eigenvalue weighted by Crippen LogP contribution is 2.17. The van der Waals surface area contributed by atoms with Crippen LogP contribution in [0.25, 0.3) is 0 Å². The molecule has 0 aromatic heterocycles. The van der Waals surface area contributed by atoms with Crippen molar-refractivity contribution in [3.05, 3.63) is 24.3 Å². The molecule has 0 saturated heterocycles. The molecule has 6 nitrogen and oxygen atoms in total. The predicted molar refractivity (Wildman–Crippen MR) is 279 cm³/mol. The van der Waals surface area contributed by atoms with E-state index in [4.69, 9.17) is 14.2 Å². The zero-order valence-corrected chi connectivity index (χ0v) is 43.8. The number of unbranched alkanes of at least 4 members (excludes halogenated alkanes) is 39. The Morgan fingerprint density at radius 2 is 0.538 bits per heavy atom. The third-order valence-corrected chi connectivity index (χ3v) is 13.0. The fourth-order valence-electron chi connectivity index (χ4n) is 8.61. The van der Waals surface area contributed by atoms with E-state index in [0.717, 1.165) is 64.2 Å². The summed E-state index contributed by atoms with van der Waals surface area (Å²) in [6, 6.07) is 0. The third kappa shape index (κ3) is 52.7. The van der Waals surface area contributed by atoms with E-state index in [2.05, 4.69) is 45.1 Å². The van der Waals surface area contributed by atoms with Crippen molar-refractivity contribution in [3.8, 4) is 0 Å². The molecule has 6 heteroatoms. The topological polar surface area (TPSA) is 78.9 Å². The average molecular weight is 916 g/mol. The minimum atomic E-state index is -0.772. The maximum absolute atomic E-state index is 12.8. The van der Waals surface area contributed by atoms with Crippen LogP contribution in [-0.4, -0.2) is 37.2 Å². The molecule has 0 bridgehead atoms. The maximum atomic E-state index is 12.8. The lowest BCUT2D eigenvalue weighted by Gasteiger charge is -2.18. The van der Waals surface area contributed by atoms with Crippen LogP contribution >= 0.6 is 0 Å². The highest BCUT2D eigenvalue weighted by molar-refractivity contribution is 5.71. The van der Waals surface area contributed by atoms with Gasteiger partial charge in [0.25, 0.3) is 0 Å². The van der Waals surface area contributed by atoms with Crippen LogP contribution < -0.4 is 0 Å². The molecule has 1 atom stereocenters. The van der Waals surface area contributed by atoms with Gasteiger partial charge < -0.3 is 14.2 Å². The van der Waals surface area contributed by atoms with Crippen molar-refractivity contribution in [1.29, 1.82) is 0 Å². The number of ether oxygens (including phenoxy) is 3. The average Bonchev–Trinajstić information content (AvgIpc) is 3.30. The van der Waals surface area contributed by atoms with Crippen molar-refractivity contribution in [2.45, 2.75) is 322 Å². The van der Waals surface area contributed by atoms with E-state index >= 15 is 0 Å². The summed E-state index contributed by atoms with van der Waals surface area (Å²) in [5.74, 6) is -0.860. The van der Waals surface area contributed by atoms with Crippen molar-refractivity contribution in [2.24, 2.45) is 0 Å². The van der Waals surface area contributed by atoms with Crippen LogP contribution in [0, 0.1) is 0 Å². The Bertz CT molecular complexity index is 1050. The van der Waals surface area contributed by atoms with Gasteiger partial charge in [-0.3, -0.25) is 14.4 Å². The third-order valence-electron chi connectivity index (χ3n) is 13.0. The van der Waals surface area contributed by atoms with Crippen molar-refractivity contribution in [2.75, 3.05) is 13.2 Å². The second-order valence-corrected chi connectivity index (χ2v) is 19.6. The summed E-state index contributed by atoms with van der Waals surface area (Å²) < 4.78 is 16.9. The molecular weight excluding hydrogens is 805 g/mol. The van der Waals surface area contributed by atoms with Gasteiger partial charge in [-0.2, -0.15) is 0 Å². The summed E-state index contributed by atoms with van der Waals surface area (Å²) >= 11 is 0. The molecule has 0 aromatic carbocycles. The van der Waals surface area contributed by atoms with E-state index < -0.39 is 6.10 Å². The van der Waals surface area contributed by atoms with Gasteiger partial charge in [-0.15, -0.1) is 0 Å². The molecule has 0 radical (unpaired) electrons. The highest BCUT2D eigenvalue weighted by Gasteiger charge is 2.19. The second kappa shape index (κ2) is 54.5. The summed E-state index contributed by atoms with van der Waals surface area (Å²) in [7, 11) is 0. The molecular formula is C59H110O6. The lowest BCUT2D eigenvalue weighted by Crippen LogP contribution is -2.30. The number of rotatable bonds is 53. The molecule has 1 unspecified atom stereocenters. The maximum Gasteiger partial charge on any atom is 0.306 e. The SMILES string of the molecule is CCCCC/C=C\C=C/CCCCCCCCC(=O)OC(COC(=O)CCCCCCCCCCCCCCCCC)COC(=O)CCCCCCCCCCCCCCCCCCC. The Morgan fingerprint density at radius 3 is 0.846 bits per heavy atom. The van der Waals surface area contributed by atoms with Crippen molar-refractivity contribution in [1.82, 2.24) is 0 Å². The monoisotopic (exact) mass is 915 g/mol. The van der Waals surface area contributed by atoms with Gasteiger partial charge in [0.2, 0.25) is 0 Å². The fraction of sp³-hybridized carbons (Fsp3) is 0.881. The molecule has 0 fully saturated rings. The summed E-state index contributed by atoms with van der Waals surface area (Å²) in [5.41, 5.74) is 0. The number of hydrogen-bond acceptors (Lipinski definition) is 6. The van der Waals surface area contributed by atoms with Gasteiger partial charge in [0.15, 0.2) is 6.10 Å². The summed E-state index contributed by atoms with van der Waals surface area (Å²) in [5, 5.41) is 0. The zero-order chi connectivity index (χ0) is 47.2. The van der Waals surface area contributed by atoms with E-state index in [0.29, 0.717) is 19.3 Å². The molecule has 0 rings (SSSR count). The molecule has 0 aliphatic heterocycles. The minimum Gasteiger partial charge on any atom is -0.462 e. The molecule has 0 saturated carbocycles. The minimum absolute atomic E-state index is 0.0706. The highest BCUT2D eigenvalue weighted by atomic mass is 16.6. The summed E-state index contributed by atoms with van der Waals surface area (Å²) in [6.45, 7) is 6.65. The van der Waals surface area contributed by atoms with Crippen LogP contribution in [0.5, 0.6) is 0 Å². The van der Waals surface area contributed by atoms with Crippen LogP contribution in [-0.2, 0) is 28.6 Å². The molecule has 0 amide bonds. The number of carbonyl (C=O) groups is 3. The van der Waals surface area contributed by atoms with Crippen LogP contribution in [0.15, 0.2) is 24.3 Å². The smallest absolute Gasteiger partial charge is 0.306 e. The summed E-state index contributed by atoms with van der Waals surface area (Å²) in [4.78, 5) is 38.1. The van der Waals surface area contributed by atoms with Crippen LogP contribution in [0.3, 0.4) is 0 Å². The van der Waals surface area contributed by atoms with E-state index in [1.165, 1.54) is 212 Å². The lowest BCUT2D eigenvalue weighted by molar-refractivity contribution is -0.167. The number of esters is 3. The molecule has 382 valence electrons. The van der Waals surface area contributed by atoms with E-state index in [1.807, 2.05) is 0 Å². The molecule has 65 heavy (non-hydrogen) atoms. The Kier molecular flexibility index (Phi) is 52.7. The first-order valence-electron chi connectivity index (χ1n) is 28.9. The molecule has 0 aliphatic carbocycles. The lowest BCUT2D eigenvalue weighted by atomic mass is 10.0. The Balaban J connectivity index is 4.33. The van der Waals surface area contributed by atoms with Gasteiger partial charge in [-0.1, -0.05) is 276 Å². The first kappa shape index (κ1) is 62.9. The molecule has 0 aromatic rings. The first-order chi connectivity index (χ1) is 32.0. The number of carbonyl (C=O) groups excluding carboxylic acids is 3. The normalized spacial score (nSPS) is 12.1. The van der Waals surface area contributed by atoms with E-state index in [9.17, 15) is 14.4 Å². The van der Waals surface area contributed by atoms with Crippen molar-refractivity contribution >= 4 is 17.9 Å². The molecule has 0 spiro atoms. The van der Waals surface area contributed by atoms with Crippen LogP contribution in [0.4, 0.5) is 0 Å². The van der Waals surface area contributed by atoms with Gasteiger partial charge in [0.1, 0.15) is 13.2 Å². The Morgan fingerprint density at radius 1 is 0.308 bits per heavy atom. The number of hydrogen-bond donors (Lipinski definition) is 0. The Hall–Kier alpha value is -2.11. The largest absolute Gasteiger partial charge is 0.462 e. The van der Waals surface area contributed by atoms with E-state index in [1.54, 1.807) is 0 Å². The van der Waals surface area contributed by atoms with Gasteiger partial charge in [-0.05, 0) is 44.9 Å².